The molecule has 1 saturated heterocycles. The number of ether oxygens (including phenoxy) is 1. The van der Waals surface area contributed by atoms with Crippen molar-refractivity contribution in [3.63, 3.8) is 0 Å². The molecule has 78 valence electrons. The zero-order valence-electron chi connectivity index (χ0n) is 8.27. The van der Waals surface area contributed by atoms with E-state index in [1.165, 1.54) is 12.0 Å². The standard InChI is InChI=1S/C10H10N2O3/c1-15-10-8(3-2-4-11-10)12-6-7(13)5-9(12)14/h2-4H,5-6H2,1H3. The average Bonchev–Trinajstić information content (AvgIpc) is 2.57. The van der Waals surface area contributed by atoms with E-state index in [0.717, 1.165) is 0 Å². The van der Waals surface area contributed by atoms with E-state index in [4.69, 9.17) is 4.74 Å². The minimum Gasteiger partial charge on any atom is -0.480 e. The highest BCUT2D eigenvalue weighted by Gasteiger charge is 2.30. The van der Waals surface area contributed by atoms with Gasteiger partial charge in [0.15, 0.2) is 5.78 Å². The highest BCUT2D eigenvalue weighted by Crippen LogP contribution is 2.27. The summed E-state index contributed by atoms with van der Waals surface area (Å²) in [6.45, 7) is 0.112. The summed E-state index contributed by atoms with van der Waals surface area (Å²) in [5.41, 5.74) is 0.552. The number of hydrogen-bond acceptors (Lipinski definition) is 4. The second-order valence-corrected chi connectivity index (χ2v) is 3.23. The Morgan fingerprint density at radius 2 is 2.27 bits per heavy atom. The molecule has 0 spiro atoms. The number of rotatable bonds is 2. The molecular weight excluding hydrogens is 196 g/mol. The SMILES string of the molecule is COc1ncccc1N1CC(=O)CC1=O. The summed E-state index contributed by atoms with van der Waals surface area (Å²) >= 11 is 0. The first kappa shape index (κ1) is 9.64. The van der Waals surface area contributed by atoms with Crippen LogP contribution in [-0.4, -0.2) is 30.3 Å². The maximum absolute atomic E-state index is 11.5. The van der Waals surface area contributed by atoms with E-state index in [1.54, 1.807) is 18.3 Å². The minimum absolute atomic E-state index is 0.0297. The number of carbonyl (C=O) groups excluding carboxylic acids is 2. The van der Waals surface area contributed by atoms with Crippen LogP contribution in [0.1, 0.15) is 6.42 Å². The summed E-state index contributed by atoms with van der Waals surface area (Å²) < 4.78 is 5.03. The van der Waals surface area contributed by atoms with Gasteiger partial charge >= 0.3 is 0 Å². The smallest absolute Gasteiger partial charge is 0.237 e. The highest BCUT2D eigenvalue weighted by atomic mass is 16.5. The number of hydrogen-bond donors (Lipinski definition) is 0. The third kappa shape index (κ3) is 1.68. The molecule has 0 aromatic carbocycles. The third-order valence-corrected chi connectivity index (χ3v) is 2.22. The number of nitrogens with zero attached hydrogens (tertiary/aromatic N) is 2. The molecule has 2 heterocycles. The van der Waals surface area contributed by atoms with Crippen molar-refractivity contribution in [1.29, 1.82) is 0 Å². The molecule has 0 atom stereocenters. The van der Waals surface area contributed by atoms with E-state index < -0.39 is 0 Å². The number of anilines is 1. The number of carbonyl (C=O) groups is 2. The maximum atomic E-state index is 11.5. The minimum atomic E-state index is -0.202. The topological polar surface area (TPSA) is 59.5 Å². The fourth-order valence-electron chi connectivity index (χ4n) is 1.55. The Labute approximate surface area is 86.7 Å². The van der Waals surface area contributed by atoms with Crippen LogP contribution in [0.15, 0.2) is 18.3 Å². The highest BCUT2D eigenvalue weighted by molar-refractivity contribution is 6.15. The average molecular weight is 206 g/mol. The lowest BCUT2D eigenvalue weighted by molar-refractivity contribution is -0.121. The predicted molar refractivity (Wildman–Crippen MR) is 52.8 cm³/mol. The number of Topliss-reactive ketones (excluding diaryl/α,β-unsaturated/α-hetero) is 1. The van der Waals surface area contributed by atoms with E-state index in [2.05, 4.69) is 4.98 Å². The van der Waals surface area contributed by atoms with Gasteiger partial charge in [0.2, 0.25) is 11.8 Å². The first-order valence-electron chi connectivity index (χ1n) is 4.53. The van der Waals surface area contributed by atoms with Crippen molar-refractivity contribution in [2.45, 2.75) is 6.42 Å². The Kier molecular flexibility index (Phi) is 2.37. The summed E-state index contributed by atoms with van der Waals surface area (Å²) in [5.74, 6) is 0.0813. The quantitative estimate of drug-likeness (QED) is 0.657. The second kappa shape index (κ2) is 3.68. The lowest BCUT2D eigenvalue weighted by Gasteiger charge is -2.16. The molecule has 1 aliphatic rings. The van der Waals surface area contributed by atoms with Gasteiger partial charge in [0, 0.05) is 6.20 Å². The van der Waals surface area contributed by atoms with Crippen molar-refractivity contribution in [3.05, 3.63) is 18.3 Å². The second-order valence-electron chi connectivity index (χ2n) is 3.23. The van der Waals surface area contributed by atoms with Crippen LogP contribution in [0.2, 0.25) is 0 Å². The van der Waals surface area contributed by atoms with Crippen molar-refractivity contribution < 1.29 is 14.3 Å². The normalized spacial score (nSPS) is 15.9. The first-order valence-corrected chi connectivity index (χ1v) is 4.53. The Morgan fingerprint density at radius 1 is 1.47 bits per heavy atom. The molecule has 5 nitrogen and oxygen atoms in total. The Bertz CT molecular complexity index is 417. The number of aromatic nitrogens is 1. The van der Waals surface area contributed by atoms with Gasteiger partial charge in [0.25, 0.3) is 0 Å². The number of amides is 1. The van der Waals surface area contributed by atoms with Crippen LogP contribution in [-0.2, 0) is 9.59 Å². The van der Waals surface area contributed by atoms with Crippen LogP contribution >= 0.6 is 0 Å². The van der Waals surface area contributed by atoms with E-state index in [1.807, 2.05) is 0 Å². The van der Waals surface area contributed by atoms with Crippen molar-refractivity contribution >= 4 is 17.4 Å². The molecule has 0 saturated carbocycles. The van der Waals surface area contributed by atoms with Gasteiger partial charge in [-0.25, -0.2) is 4.98 Å². The zero-order valence-corrected chi connectivity index (χ0v) is 8.27. The van der Waals surface area contributed by atoms with Crippen LogP contribution in [0.25, 0.3) is 0 Å². The summed E-state index contributed by atoms with van der Waals surface area (Å²) in [7, 11) is 1.48. The van der Waals surface area contributed by atoms with Gasteiger partial charge in [-0.15, -0.1) is 0 Å². The first-order chi connectivity index (χ1) is 7.22. The monoisotopic (exact) mass is 206 g/mol. The molecule has 1 aromatic rings. The van der Waals surface area contributed by atoms with Crippen molar-refractivity contribution in [2.24, 2.45) is 0 Å². The number of ketones is 1. The van der Waals surface area contributed by atoms with Crippen LogP contribution < -0.4 is 9.64 Å². The fraction of sp³-hybridized carbons (Fsp3) is 0.300. The molecule has 0 N–H and O–H groups in total. The lowest BCUT2D eigenvalue weighted by Crippen LogP contribution is -2.25. The molecule has 5 heteroatoms. The maximum Gasteiger partial charge on any atom is 0.237 e. The summed E-state index contributed by atoms with van der Waals surface area (Å²) in [4.78, 5) is 28.0. The molecule has 1 aromatic heterocycles. The van der Waals surface area contributed by atoms with Crippen LogP contribution in [0.3, 0.4) is 0 Å². The third-order valence-electron chi connectivity index (χ3n) is 2.22. The van der Waals surface area contributed by atoms with Gasteiger partial charge in [0.1, 0.15) is 5.69 Å². The summed E-state index contributed by atoms with van der Waals surface area (Å²) in [6, 6.07) is 3.41. The fourth-order valence-corrected chi connectivity index (χ4v) is 1.55. The summed E-state index contributed by atoms with van der Waals surface area (Å²) in [5, 5.41) is 0. The lowest BCUT2D eigenvalue weighted by atomic mass is 10.3. The predicted octanol–water partition coefficient (Wildman–Crippen LogP) is 0.396. The summed E-state index contributed by atoms with van der Waals surface area (Å²) in [6.07, 6.45) is 1.54. The molecule has 2 rings (SSSR count). The molecule has 15 heavy (non-hydrogen) atoms. The van der Waals surface area contributed by atoms with E-state index in [9.17, 15) is 9.59 Å². The zero-order chi connectivity index (χ0) is 10.8. The molecular formula is C10H10N2O3. The van der Waals surface area contributed by atoms with Gasteiger partial charge in [-0.2, -0.15) is 0 Å². The van der Waals surface area contributed by atoms with Crippen LogP contribution in [0, 0.1) is 0 Å². The Morgan fingerprint density at radius 3 is 2.87 bits per heavy atom. The van der Waals surface area contributed by atoms with Crippen molar-refractivity contribution in [1.82, 2.24) is 4.98 Å². The number of methoxy groups -OCH3 is 1. The van der Waals surface area contributed by atoms with Gasteiger partial charge < -0.3 is 4.74 Å². The van der Waals surface area contributed by atoms with Gasteiger partial charge in [-0.3, -0.25) is 14.5 Å². The molecule has 0 radical (unpaired) electrons. The molecule has 1 aliphatic heterocycles. The molecule has 0 unspecified atom stereocenters. The number of pyridine rings is 1. The van der Waals surface area contributed by atoms with Crippen molar-refractivity contribution in [3.8, 4) is 5.88 Å². The largest absolute Gasteiger partial charge is 0.480 e. The van der Waals surface area contributed by atoms with Gasteiger partial charge in [-0.1, -0.05) is 0 Å². The van der Waals surface area contributed by atoms with Crippen LogP contribution in [0.5, 0.6) is 5.88 Å². The van der Waals surface area contributed by atoms with Gasteiger partial charge in [0.05, 0.1) is 20.1 Å². The molecule has 1 fully saturated rings. The van der Waals surface area contributed by atoms with E-state index >= 15 is 0 Å². The van der Waals surface area contributed by atoms with Gasteiger partial charge in [-0.05, 0) is 12.1 Å². The Hall–Kier alpha value is -1.91. The Balaban J connectivity index is 2.37. The molecule has 1 amide bonds. The molecule has 0 aliphatic carbocycles. The molecule has 0 bridgehead atoms. The van der Waals surface area contributed by atoms with E-state index in [0.29, 0.717) is 11.6 Å². The van der Waals surface area contributed by atoms with E-state index in [-0.39, 0.29) is 24.7 Å². The van der Waals surface area contributed by atoms with Crippen molar-refractivity contribution in [2.75, 3.05) is 18.6 Å². The van der Waals surface area contributed by atoms with Crippen LogP contribution in [0.4, 0.5) is 5.69 Å².